The van der Waals surface area contributed by atoms with Gasteiger partial charge in [0.1, 0.15) is 5.76 Å². The van der Waals surface area contributed by atoms with Crippen molar-refractivity contribution in [2.75, 3.05) is 59.9 Å². The van der Waals surface area contributed by atoms with Gasteiger partial charge in [-0.2, -0.15) is 0 Å². The molecule has 264 valence electrons. The van der Waals surface area contributed by atoms with Crippen LogP contribution >= 0.6 is 0 Å². The summed E-state index contributed by atoms with van der Waals surface area (Å²) in [7, 11) is 6.19. The monoisotopic (exact) mass is 687 g/mol. The predicted octanol–water partition coefficient (Wildman–Crippen LogP) is 6.80. The third-order valence-corrected chi connectivity index (χ3v) is 9.43. The molecule has 50 heavy (non-hydrogen) atoms. The van der Waals surface area contributed by atoms with Gasteiger partial charge in [0.05, 0.1) is 45.2 Å². The van der Waals surface area contributed by atoms with Gasteiger partial charge in [0, 0.05) is 44.2 Å². The van der Waals surface area contributed by atoms with Gasteiger partial charge in [0.2, 0.25) is 11.7 Å². The first-order chi connectivity index (χ1) is 24.3. The van der Waals surface area contributed by atoms with E-state index in [2.05, 4.69) is 20.9 Å². The van der Waals surface area contributed by atoms with Crippen LogP contribution < -0.4 is 19.5 Å². The molecule has 10 nitrogen and oxygen atoms in total. The van der Waals surface area contributed by atoms with Gasteiger partial charge in [0.25, 0.3) is 5.91 Å². The Kier molecular flexibility index (Phi) is 10.9. The highest BCUT2D eigenvalue weighted by Gasteiger charge is 2.26. The van der Waals surface area contributed by atoms with Crippen LogP contribution in [0.5, 0.6) is 17.2 Å². The molecule has 12 heteroatoms. The predicted molar refractivity (Wildman–Crippen MR) is 187 cm³/mol. The van der Waals surface area contributed by atoms with Crippen LogP contribution in [0.1, 0.15) is 46.9 Å². The van der Waals surface area contributed by atoms with Crippen molar-refractivity contribution in [2.24, 2.45) is 0 Å². The van der Waals surface area contributed by atoms with Crippen molar-refractivity contribution in [1.82, 2.24) is 19.4 Å². The Bertz CT molecular complexity index is 1880. The maximum absolute atomic E-state index is 14.4. The molecular formula is C38H43F2N5O5. The largest absolute Gasteiger partial charge is 0.493 e. The number of benzene rings is 3. The second kappa shape index (κ2) is 15.6. The summed E-state index contributed by atoms with van der Waals surface area (Å²) in [6, 6.07) is 19.4. The number of hydrogen-bond donors (Lipinski definition) is 1. The van der Waals surface area contributed by atoms with Crippen LogP contribution in [-0.2, 0) is 6.54 Å². The average molecular weight is 688 g/mol. The zero-order chi connectivity index (χ0) is 35.2. The minimum absolute atomic E-state index is 0.238. The number of nitrogens with zero attached hydrogens (tertiary/aromatic N) is 4. The quantitative estimate of drug-likeness (QED) is 0.136. The van der Waals surface area contributed by atoms with E-state index in [9.17, 15) is 13.6 Å². The van der Waals surface area contributed by atoms with E-state index in [0.29, 0.717) is 47.9 Å². The lowest BCUT2D eigenvalue weighted by atomic mass is 9.93. The fraction of sp³-hybridized carbons (Fsp3) is 0.368. The van der Waals surface area contributed by atoms with Crippen molar-refractivity contribution in [1.29, 1.82) is 0 Å². The summed E-state index contributed by atoms with van der Waals surface area (Å²) in [6.45, 7) is 3.34. The number of amides is 1. The molecule has 0 spiro atoms. The smallest absolute Gasteiger partial charge is 0.253 e. The van der Waals surface area contributed by atoms with Gasteiger partial charge in [0.15, 0.2) is 23.1 Å². The number of piperidine rings is 1. The summed E-state index contributed by atoms with van der Waals surface area (Å²) < 4.78 is 52.4. The molecule has 1 N–H and O–H groups in total. The Hall–Kier alpha value is -5.10. The Morgan fingerprint density at radius 1 is 0.980 bits per heavy atom. The summed E-state index contributed by atoms with van der Waals surface area (Å²) in [5.41, 5.74) is 2.97. The molecule has 3 aromatic carbocycles. The van der Waals surface area contributed by atoms with Gasteiger partial charge >= 0.3 is 0 Å². The van der Waals surface area contributed by atoms with Gasteiger partial charge in [-0.25, -0.2) is 13.8 Å². The minimum Gasteiger partial charge on any atom is -0.493 e. The van der Waals surface area contributed by atoms with Crippen molar-refractivity contribution >= 4 is 22.9 Å². The van der Waals surface area contributed by atoms with Crippen LogP contribution in [0.3, 0.4) is 0 Å². The summed E-state index contributed by atoms with van der Waals surface area (Å²) in [5.74, 6) is 0.497. The number of halogens is 2. The molecule has 2 aromatic heterocycles. The number of imidazole rings is 1. The molecule has 5 aromatic rings. The Balaban J connectivity index is 1.11. The van der Waals surface area contributed by atoms with Crippen LogP contribution in [0.15, 0.2) is 77.4 Å². The fourth-order valence-electron chi connectivity index (χ4n) is 6.69. The Morgan fingerprint density at radius 2 is 1.72 bits per heavy atom. The van der Waals surface area contributed by atoms with Crippen LogP contribution in [0.4, 0.5) is 14.7 Å². The summed E-state index contributed by atoms with van der Waals surface area (Å²) >= 11 is 0. The topological polar surface area (TPSA) is 94.2 Å². The molecule has 1 fully saturated rings. The molecule has 1 aliphatic heterocycles. The minimum atomic E-state index is -0.906. The molecular weight excluding hydrogens is 644 g/mol. The lowest BCUT2D eigenvalue weighted by Crippen LogP contribution is -2.40. The molecule has 1 aliphatic rings. The second-order valence-corrected chi connectivity index (χ2v) is 12.6. The molecule has 1 amide bonds. The first kappa shape index (κ1) is 34.8. The number of methoxy groups -OCH3 is 3. The number of para-hydroxylation sites is 2. The van der Waals surface area contributed by atoms with E-state index < -0.39 is 11.6 Å². The number of anilines is 1. The van der Waals surface area contributed by atoms with Gasteiger partial charge in [-0.1, -0.05) is 18.2 Å². The number of furan rings is 1. The summed E-state index contributed by atoms with van der Waals surface area (Å²) in [4.78, 5) is 22.5. The van der Waals surface area contributed by atoms with E-state index >= 15 is 0 Å². The lowest BCUT2D eigenvalue weighted by molar-refractivity contribution is 0.0781. The summed E-state index contributed by atoms with van der Waals surface area (Å²) in [5, 5.41) is 3.69. The number of nitrogens with one attached hydrogen (secondary N) is 1. The van der Waals surface area contributed by atoms with Crippen molar-refractivity contribution in [3.05, 3.63) is 102 Å². The second-order valence-electron chi connectivity index (χ2n) is 12.6. The number of ether oxygens (including phenoxy) is 3. The van der Waals surface area contributed by atoms with Crippen LogP contribution in [0.2, 0.25) is 0 Å². The van der Waals surface area contributed by atoms with E-state index in [4.69, 9.17) is 23.6 Å². The average Bonchev–Trinajstić information content (AvgIpc) is 3.78. The number of likely N-dealkylation sites (tertiary alicyclic amines) is 1. The van der Waals surface area contributed by atoms with E-state index in [0.717, 1.165) is 61.3 Å². The van der Waals surface area contributed by atoms with E-state index in [-0.39, 0.29) is 17.9 Å². The van der Waals surface area contributed by atoms with E-state index in [1.165, 1.54) is 27.4 Å². The first-order valence-electron chi connectivity index (χ1n) is 16.7. The summed E-state index contributed by atoms with van der Waals surface area (Å²) in [6.07, 6.45) is 4.16. The van der Waals surface area contributed by atoms with Crippen LogP contribution in [0, 0.1) is 11.6 Å². The number of hydrogen-bond acceptors (Lipinski definition) is 8. The molecule has 0 bridgehead atoms. The molecule has 3 heterocycles. The maximum Gasteiger partial charge on any atom is 0.253 e. The highest BCUT2D eigenvalue weighted by atomic mass is 19.2. The standard InChI is InChI=1S/C38H43F2N5O5/c1-43(37(46)27-21-34(47-2)36(49-4)35(22-27)48-3)23-26(25-11-12-30(39)31(40)20-25)13-16-44-17-14-28(15-18-44)41-38-42-32-9-5-6-10-33(32)45(38)24-29-8-7-19-50-29/h5-12,19-22,26,28H,13-18,23-24H2,1-4H3,(H,41,42). The third-order valence-electron chi connectivity index (χ3n) is 9.43. The van der Waals surface area contributed by atoms with Crippen LogP contribution in [0.25, 0.3) is 11.0 Å². The van der Waals surface area contributed by atoms with Gasteiger partial charge in [-0.15, -0.1) is 0 Å². The van der Waals surface area contributed by atoms with Crippen LogP contribution in [-0.4, -0.2) is 85.9 Å². The highest BCUT2D eigenvalue weighted by Crippen LogP contribution is 2.38. The molecule has 0 saturated carbocycles. The zero-order valence-corrected chi connectivity index (χ0v) is 28.8. The number of fused-ring (bicyclic) bond motifs is 1. The fourth-order valence-corrected chi connectivity index (χ4v) is 6.69. The first-order valence-corrected chi connectivity index (χ1v) is 16.7. The number of carbonyl (C=O) groups is 1. The Labute approximate surface area is 290 Å². The molecule has 0 radical (unpaired) electrons. The molecule has 1 atom stereocenters. The molecule has 1 unspecified atom stereocenters. The van der Waals surface area contributed by atoms with E-state index in [1.807, 2.05) is 30.3 Å². The van der Waals surface area contributed by atoms with E-state index in [1.54, 1.807) is 36.4 Å². The van der Waals surface area contributed by atoms with Crippen molar-refractivity contribution < 1.29 is 32.2 Å². The molecule has 0 aliphatic carbocycles. The van der Waals surface area contributed by atoms with Gasteiger partial charge < -0.3 is 38.3 Å². The SMILES string of the molecule is COc1cc(C(=O)N(C)CC(CCN2CCC(Nc3nc4ccccc4n3Cc3ccco3)CC2)c2ccc(F)c(F)c2)cc(OC)c1OC. The number of aromatic nitrogens is 2. The molecule has 6 rings (SSSR count). The lowest BCUT2D eigenvalue weighted by Gasteiger charge is -2.34. The number of carbonyl (C=O) groups excluding carboxylic acids is 1. The van der Waals surface area contributed by atoms with Gasteiger partial charge in [-0.3, -0.25) is 4.79 Å². The third kappa shape index (κ3) is 7.70. The zero-order valence-electron chi connectivity index (χ0n) is 28.8. The van der Waals surface area contributed by atoms with Crippen molar-refractivity contribution in [2.45, 2.75) is 37.8 Å². The van der Waals surface area contributed by atoms with Crippen molar-refractivity contribution in [3.63, 3.8) is 0 Å². The number of likely N-dealkylation sites (N-methyl/N-ethyl adjacent to an activating group) is 1. The number of rotatable bonds is 14. The maximum atomic E-state index is 14.4. The highest BCUT2D eigenvalue weighted by molar-refractivity contribution is 5.95. The normalized spacial score (nSPS) is 14.4. The Morgan fingerprint density at radius 3 is 2.38 bits per heavy atom. The molecule has 1 saturated heterocycles. The van der Waals surface area contributed by atoms with Crippen molar-refractivity contribution in [3.8, 4) is 17.2 Å². The van der Waals surface area contributed by atoms with Gasteiger partial charge in [-0.05, 0) is 79.9 Å².